The maximum Gasteiger partial charge on any atom is 0.315 e. The fourth-order valence-corrected chi connectivity index (χ4v) is 1.18. The third kappa shape index (κ3) is 7.88. The van der Waals surface area contributed by atoms with Gasteiger partial charge in [0, 0.05) is 18.5 Å². The molecule has 3 nitrogen and oxygen atoms in total. The minimum Gasteiger partial charge on any atom is -0.258 e. The molecule has 0 unspecified atom stereocenters. The summed E-state index contributed by atoms with van der Waals surface area (Å²) in [6, 6.07) is 0. The fourth-order valence-electron chi connectivity index (χ4n) is 0.717. The standard InChI is InChI=1S/C8H17N2OS/c1-4-5-6-7-9-8(11)12-10(2)3/h4-7H2,1-3H3. The largest absolute Gasteiger partial charge is 0.315 e. The molecule has 71 valence electrons. The second-order valence-electron chi connectivity index (χ2n) is 2.76. The molecule has 12 heavy (non-hydrogen) atoms. The minimum atomic E-state index is -0.0869. The van der Waals surface area contributed by atoms with Gasteiger partial charge >= 0.3 is 5.24 Å². The van der Waals surface area contributed by atoms with Gasteiger partial charge < -0.3 is 0 Å². The zero-order valence-corrected chi connectivity index (χ0v) is 8.86. The smallest absolute Gasteiger partial charge is 0.258 e. The third-order valence-electron chi connectivity index (χ3n) is 1.26. The van der Waals surface area contributed by atoms with E-state index in [0.717, 1.165) is 24.8 Å². The van der Waals surface area contributed by atoms with Crippen LogP contribution >= 0.6 is 11.9 Å². The van der Waals surface area contributed by atoms with Crippen molar-refractivity contribution in [2.24, 2.45) is 0 Å². The van der Waals surface area contributed by atoms with Crippen LogP contribution in [0.15, 0.2) is 0 Å². The summed E-state index contributed by atoms with van der Waals surface area (Å²) in [5.41, 5.74) is 0. The molecular formula is C8H17N2OS. The number of hydrogen-bond acceptors (Lipinski definition) is 3. The Balaban J connectivity index is 3.20. The van der Waals surface area contributed by atoms with Gasteiger partial charge in [-0.2, -0.15) is 0 Å². The number of amides is 1. The first-order chi connectivity index (χ1) is 5.66. The van der Waals surface area contributed by atoms with E-state index in [9.17, 15) is 4.79 Å². The average molecular weight is 189 g/mol. The number of nitrogens with zero attached hydrogens (tertiary/aromatic N) is 2. The molecule has 0 saturated carbocycles. The predicted molar refractivity (Wildman–Crippen MR) is 53.2 cm³/mol. The molecule has 0 aliphatic heterocycles. The van der Waals surface area contributed by atoms with Gasteiger partial charge in [-0.3, -0.25) is 4.79 Å². The van der Waals surface area contributed by atoms with Crippen LogP contribution in [-0.4, -0.2) is 30.2 Å². The average Bonchev–Trinajstić information content (AvgIpc) is 1.97. The van der Waals surface area contributed by atoms with Crippen LogP contribution < -0.4 is 5.32 Å². The van der Waals surface area contributed by atoms with Crippen molar-refractivity contribution in [1.29, 1.82) is 0 Å². The second-order valence-corrected chi connectivity index (χ2v) is 4.02. The van der Waals surface area contributed by atoms with Crippen LogP contribution in [0.1, 0.15) is 26.2 Å². The molecule has 1 radical (unpaired) electrons. The molecule has 0 fully saturated rings. The van der Waals surface area contributed by atoms with E-state index in [2.05, 4.69) is 12.2 Å². The van der Waals surface area contributed by atoms with Gasteiger partial charge in [0.25, 0.3) is 0 Å². The number of hydrogen-bond donors (Lipinski definition) is 0. The zero-order chi connectivity index (χ0) is 9.40. The van der Waals surface area contributed by atoms with Gasteiger partial charge in [-0.1, -0.05) is 19.8 Å². The Morgan fingerprint density at radius 1 is 1.42 bits per heavy atom. The Bertz CT molecular complexity index is 128. The molecule has 0 aromatic rings. The van der Waals surface area contributed by atoms with Crippen LogP contribution in [-0.2, 0) is 0 Å². The molecule has 0 aliphatic rings. The van der Waals surface area contributed by atoms with Crippen LogP contribution in [0.25, 0.3) is 0 Å². The van der Waals surface area contributed by atoms with Crippen LogP contribution in [0.2, 0.25) is 0 Å². The van der Waals surface area contributed by atoms with Crippen LogP contribution in [0.4, 0.5) is 4.79 Å². The summed E-state index contributed by atoms with van der Waals surface area (Å²) in [5, 5.41) is 3.80. The van der Waals surface area contributed by atoms with E-state index < -0.39 is 0 Å². The lowest BCUT2D eigenvalue weighted by molar-refractivity contribution is 0.259. The summed E-state index contributed by atoms with van der Waals surface area (Å²) >= 11 is 1.14. The second kappa shape index (κ2) is 7.43. The number of carbonyl (C=O) groups is 1. The normalized spacial score (nSPS) is 10.3. The summed E-state index contributed by atoms with van der Waals surface area (Å²) in [7, 11) is 3.67. The molecular weight excluding hydrogens is 172 g/mol. The van der Waals surface area contributed by atoms with E-state index in [1.54, 1.807) is 4.31 Å². The quantitative estimate of drug-likeness (QED) is 0.490. The van der Waals surface area contributed by atoms with Gasteiger partial charge in [0.2, 0.25) is 0 Å². The lowest BCUT2D eigenvalue weighted by Crippen LogP contribution is -2.16. The molecule has 0 aromatic carbocycles. The summed E-state index contributed by atoms with van der Waals surface area (Å²) in [4.78, 5) is 11.0. The van der Waals surface area contributed by atoms with Gasteiger partial charge in [-0.25, -0.2) is 9.62 Å². The Morgan fingerprint density at radius 2 is 2.08 bits per heavy atom. The maximum atomic E-state index is 11.0. The van der Waals surface area contributed by atoms with Gasteiger partial charge in [-0.15, -0.1) is 0 Å². The van der Waals surface area contributed by atoms with E-state index in [-0.39, 0.29) is 5.24 Å². The number of carbonyl (C=O) groups excluding carboxylic acids is 1. The Morgan fingerprint density at radius 3 is 2.58 bits per heavy atom. The van der Waals surface area contributed by atoms with Crippen molar-refractivity contribution in [3.63, 3.8) is 0 Å². The highest BCUT2D eigenvalue weighted by molar-refractivity contribution is 8.11. The van der Waals surface area contributed by atoms with Crippen LogP contribution in [0.3, 0.4) is 0 Å². The summed E-state index contributed by atoms with van der Waals surface area (Å²) in [6.07, 6.45) is 3.35. The molecule has 0 rings (SSSR count). The molecule has 4 heteroatoms. The third-order valence-corrected chi connectivity index (χ3v) is 1.91. The number of unbranched alkanes of at least 4 members (excludes halogenated alkanes) is 2. The zero-order valence-electron chi connectivity index (χ0n) is 8.04. The van der Waals surface area contributed by atoms with E-state index >= 15 is 0 Å². The predicted octanol–water partition coefficient (Wildman–Crippen LogP) is 2.11. The van der Waals surface area contributed by atoms with Crippen LogP contribution in [0, 0.1) is 0 Å². The highest BCUT2D eigenvalue weighted by Crippen LogP contribution is 2.04. The monoisotopic (exact) mass is 189 g/mol. The van der Waals surface area contributed by atoms with Gasteiger partial charge in [0.15, 0.2) is 0 Å². The first-order valence-electron chi connectivity index (χ1n) is 4.23. The SMILES string of the molecule is CCCCC[N]C(=O)SN(C)C. The summed E-state index contributed by atoms with van der Waals surface area (Å²) in [6.45, 7) is 2.81. The van der Waals surface area contributed by atoms with Gasteiger partial charge in [-0.05, 0) is 20.5 Å². The van der Waals surface area contributed by atoms with Gasteiger partial charge in [0.05, 0.1) is 0 Å². The van der Waals surface area contributed by atoms with E-state index in [1.165, 1.54) is 6.42 Å². The van der Waals surface area contributed by atoms with Crippen molar-refractivity contribution in [3.05, 3.63) is 0 Å². The van der Waals surface area contributed by atoms with Crippen molar-refractivity contribution < 1.29 is 4.79 Å². The van der Waals surface area contributed by atoms with Crippen LogP contribution in [0.5, 0.6) is 0 Å². The maximum absolute atomic E-state index is 11.0. The first kappa shape index (κ1) is 11.8. The molecule has 0 spiro atoms. The van der Waals surface area contributed by atoms with Gasteiger partial charge in [0.1, 0.15) is 0 Å². The van der Waals surface area contributed by atoms with Crippen molar-refractivity contribution >= 4 is 17.2 Å². The van der Waals surface area contributed by atoms with Crippen molar-refractivity contribution in [2.45, 2.75) is 26.2 Å². The highest BCUT2D eigenvalue weighted by atomic mass is 32.2. The minimum absolute atomic E-state index is 0.0869. The molecule has 0 heterocycles. The Labute approximate surface area is 79.0 Å². The molecule has 0 saturated heterocycles. The molecule has 0 atom stereocenters. The highest BCUT2D eigenvalue weighted by Gasteiger charge is 2.03. The van der Waals surface area contributed by atoms with E-state index in [4.69, 9.17) is 0 Å². The van der Waals surface area contributed by atoms with E-state index in [0.29, 0.717) is 6.54 Å². The van der Waals surface area contributed by atoms with Crippen molar-refractivity contribution in [2.75, 3.05) is 20.6 Å². The summed E-state index contributed by atoms with van der Waals surface area (Å²) < 4.78 is 1.76. The lowest BCUT2D eigenvalue weighted by atomic mass is 10.2. The summed E-state index contributed by atoms with van der Waals surface area (Å²) in [5.74, 6) is 0. The topological polar surface area (TPSA) is 34.4 Å². The molecule has 0 aliphatic carbocycles. The molecule has 0 N–H and O–H groups in total. The Kier molecular flexibility index (Phi) is 7.29. The molecule has 0 aromatic heterocycles. The first-order valence-corrected chi connectivity index (χ1v) is 5.01. The Hall–Kier alpha value is -0.220. The van der Waals surface area contributed by atoms with Crippen molar-refractivity contribution in [1.82, 2.24) is 9.62 Å². The molecule has 1 amide bonds. The lowest BCUT2D eigenvalue weighted by Gasteiger charge is -2.05. The number of rotatable bonds is 5. The van der Waals surface area contributed by atoms with E-state index in [1.807, 2.05) is 14.1 Å². The van der Waals surface area contributed by atoms with Crippen molar-refractivity contribution in [3.8, 4) is 0 Å². The fraction of sp³-hybridized carbons (Fsp3) is 0.875. The molecule has 0 bridgehead atoms.